The number of guanidine groups is 1. The van der Waals surface area contributed by atoms with E-state index < -0.39 is 10.0 Å². The first-order valence-electron chi connectivity index (χ1n) is 9.11. The molecule has 29 heavy (non-hydrogen) atoms. The number of nitrogens with zero attached hydrogens (tertiary/aromatic N) is 5. The highest BCUT2D eigenvalue weighted by atomic mass is 32.2. The van der Waals surface area contributed by atoms with Crippen LogP contribution in [-0.2, 0) is 21.9 Å². The van der Waals surface area contributed by atoms with Crippen LogP contribution >= 0.6 is 11.3 Å². The van der Waals surface area contributed by atoms with Gasteiger partial charge in [0.15, 0.2) is 5.96 Å². The van der Waals surface area contributed by atoms with E-state index in [9.17, 15) is 13.2 Å². The number of carbonyl (C=O) groups excluding carboxylic acids is 1. The number of hydrogen-bond donors (Lipinski definition) is 2. The number of nitrogens with one attached hydrogen (secondary N) is 2. The van der Waals surface area contributed by atoms with Crippen molar-refractivity contribution in [2.45, 2.75) is 11.1 Å². The predicted molar refractivity (Wildman–Crippen MR) is 113 cm³/mol. The molecule has 0 bridgehead atoms. The molecule has 3 rings (SSSR count). The standard InChI is InChI=1S/C17H25N7O3S2/c1-13-4-5-16(28-13)29(26,27)21-7-6-19-17(18-2)23-8-9-24(15(25)12-23)14-10-20-22(3)11-14/h4-5,10-11,21H,6-9,12H2,1-3H3,(H,18,19). The first kappa shape index (κ1) is 21.3. The number of amides is 1. The molecule has 10 nitrogen and oxygen atoms in total. The van der Waals surface area contributed by atoms with E-state index in [1.54, 1.807) is 35.0 Å². The molecule has 0 saturated carbocycles. The quantitative estimate of drug-likeness (QED) is 0.372. The maximum absolute atomic E-state index is 12.5. The van der Waals surface area contributed by atoms with Crippen LogP contribution < -0.4 is 14.9 Å². The van der Waals surface area contributed by atoms with Crippen LogP contribution in [0, 0.1) is 6.92 Å². The smallest absolute Gasteiger partial charge is 0.250 e. The molecule has 0 aliphatic carbocycles. The van der Waals surface area contributed by atoms with E-state index in [0.29, 0.717) is 29.8 Å². The summed E-state index contributed by atoms with van der Waals surface area (Å²) >= 11 is 1.24. The van der Waals surface area contributed by atoms with E-state index in [0.717, 1.165) is 10.6 Å². The molecule has 1 aliphatic rings. The van der Waals surface area contributed by atoms with Gasteiger partial charge in [-0.25, -0.2) is 13.1 Å². The summed E-state index contributed by atoms with van der Waals surface area (Å²) in [6, 6.07) is 3.38. The monoisotopic (exact) mass is 439 g/mol. The van der Waals surface area contributed by atoms with Crippen molar-refractivity contribution < 1.29 is 13.2 Å². The van der Waals surface area contributed by atoms with Gasteiger partial charge >= 0.3 is 0 Å². The minimum atomic E-state index is -3.51. The highest BCUT2D eigenvalue weighted by molar-refractivity contribution is 7.91. The second-order valence-corrected chi connectivity index (χ2v) is 9.86. The van der Waals surface area contributed by atoms with Crippen LogP contribution in [0.1, 0.15) is 4.88 Å². The Morgan fingerprint density at radius 2 is 2.10 bits per heavy atom. The van der Waals surface area contributed by atoms with Gasteiger partial charge in [-0.2, -0.15) is 5.10 Å². The average Bonchev–Trinajstić information content (AvgIpc) is 3.30. The molecule has 1 saturated heterocycles. The van der Waals surface area contributed by atoms with Crippen molar-refractivity contribution in [3.63, 3.8) is 0 Å². The maximum Gasteiger partial charge on any atom is 0.250 e. The van der Waals surface area contributed by atoms with Crippen molar-refractivity contribution in [3.05, 3.63) is 29.4 Å². The van der Waals surface area contributed by atoms with Crippen LogP contribution in [0.3, 0.4) is 0 Å². The highest BCUT2D eigenvalue weighted by Gasteiger charge is 2.27. The van der Waals surface area contributed by atoms with E-state index in [2.05, 4.69) is 20.1 Å². The third kappa shape index (κ3) is 5.14. The van der Waals surface area contributed by atoms with Crippen LogP contribution in [0.15, 0.2) is 33.7 Å². The van der Waals surface area contributed by atoms with Gasteiger partial charge in [0.05, 0.1) is 11.9 Å². The molecule has 12 heteroatoms. The lowest BCUT2D eigenvalue weighted by atomic mass is 10.3. The Bertz CT molecular complexity index is 996. The number of piperazine rings is 1. The Balaban J connectivity index is 1.49. The molecule has 2 aromatic rings. The molecule has 2 aromatic heterocycles. The summed E-state index contributed by atoms with van der Waals surface area (Å²) in [6.45, 7) is 3.75. The van der Waals surface area contributed by atoms with Gasteiger partial charge in [0, 0.05) is 51.3 Å². The number of aliphatic imine (C=N–C) groups is 1. The molecular weight excluding hydrogens is 414 g/mol. The summed E-state index contributed by atoms with van der Waals surface area (Å²) in [5, 5.41) is 7.22. The molecule has 2 N–H and O–H groups in total. The zero-order valence-electron chi connectivity index (χ0n) is 16.6. The molecule has 1 aliphatic heterocycles. The van der Waals surface area contributed by atoms with Crippen LogP contribution in [0.5, 0.6) is 0 Å². The first-order chi connectivity index (χ1) is 13.8. The van der Waals surface area contributed by atoms with Crippen molar-refractivity contribution in [3.8, 4) is 0 Å². The minimum Gasteiger partial charge on any atom is -0.355 e. The second kappa shape index (κ2) is 8.93. The van der Waals surface area contributed by atoms with E-state index in [1.807, 2.05) is 25.1 Å². The lowest BCUT2D eigenvalue weighted by Crippen LogP contribution is -2.55. The number of thiophene rings is 1. The fourth-order valence-corrected chi connectivity index (χ4v) is 5.35. The third-order valence-electron chi connectivity index (χ3n) is 4.42. The Morgan fingerprint density at radius 1 is 1.31 bits per heavy atom. The van der Waals surface area contributed by atoms with Crippen molar-refractivity contribution in [1.29, 1.82) is 0 Å². The lowest BCUT2D eigenvalue weighted by molar-refractivity contribution is -0.120. The Hall–Kier alpha value is -2.44. The van der Waals surface area contributed by atoms with Gasteiger partial charge in [0.2, 0.25) is 15.9 Å². The average molecular weight is 440 g/mol. The minimum absolute atomic E-state index is 0.0408. The number of rotatable bonds is 6. The molecule has 1 fully saturated rings. The highest BCUT2D eigenvalue weighted by Crippen LogP contribution is 2.20. The predicted octanol–water partition coefficient (Wildman–Crippen LogP) is -0.00748. The summed E-state index contributed by atoms with van der Waals surface area (Å²) in [7, 11) is -0.0602. The Morgan fingerprint density at radius 3 is 2.69 bits per heavy atom. The molecule has 158 valence electrons. The lowest BCUT2D eigenvalue weighted by Gasteiger charge is -2.35. The summed E-state index contributed by atoms with van der Waals surface area (Å²) in [6.07, 6.45) is 3.48. The molecule has 1 amide bonds. The SMILES string of the molecule is CN=C(NCCNS(=O)(=O)c1ccc(C)s1)N1CCN(c2cnn(C)c2)C(=O)C1. The van der Waals surface area contributed by atoms with Crippen LogP contribution in [-0.4, -0.2) is 74.7 Å². The summed E-state index contributed by atoms with van der Waals surface area (Å²) < 4.78 is 29.0. The normalized spacial score (nSPS) is 15.8. The number of aromatic nitrogens is 2. The second-order valence-electron chi connectivity index (χ2n) is 6.58. The topological polar surface area (TPSA) is 112 Å². The number of hydrogen-bond acceptors (Lipinski definition) is 6. The Kier molecular flexibility index (Phi) is 6.55. The van der Waals surface area contributed by atoms with Gasteiger partial charge in [-0.1, -0.05) is 0 Å². The number of anilines is 1. The summed E-state index contributed by atoms with van der Waals surface area (Å²) in [4.78, 5) is 21.2. The van der Waals surface area contributed by atoms with Crippen molar-refractivity contribution >= 4 is 38.9 Å². The fourth-order valence-electron chi connectivity index (χ4n) is 2.99. The van der Waals surface area contributed by atoms with Gasteiger partial charge in [-0.05, 0) is 19.1 Å². The van der Waals surface area contributed by atoms with Crippen molar-refractivity contribution in [2.24, 2.45) is 12.0 Å². The number of sulfonamides is 1. The summed E-state index contributed by atoms with van der Waals surface area (Å²) in [5.74, 6) is 0.524. The van der Waals surface area contributed by atoms with Gasteiger partial charge in [0.1, 0.15) is 10.8 Å². The number of aryl methyl sites for hydroxylation is 2. The largest absolute Gasteiger partial charge is 0.355 e. The molecule has 0 atom stereocenters. The molecule has 0 aromatic carbocycles. The van der Waals surface area contributed by atoms with Crippen LogP contribution in [0.2, 0.25) is 0 Å². The molecule has 0 spiro atoms. The van der Waals surface area contributed by atoms with E-state index in [1.165, 1.54) is 11.3 Å². The first-order valence-corrected chi connectivity index (χ1v) is 11.4. The van der Waals surface area contributed by atoms with Crippen LogP contribution in [0.4, 0.5) is 5.69 Å². The van der Waals surface area contributed by atoms with Gasteiger partial charge in [-0.15, -0.1) is 11.3 Å². The number of carbonyl (C=O) groups is 1. The van der Waals surface area contributed by atoms with Crippen molar-refractivity contribution in [1.82, 2.24) is 24.7 Å². The van der Waals surface area contributed by atoms with Gasteiger partial charge in [-0.3, -0.25) is 14.5 Å². The molecule has 0 radical (unpaired) electrons. The van der Waals surface area contributed by atoms with Gasteiger partial charge in [0.25, 0.3) is 0 Å². The Labute approximate surface area is 174 Å². The van der Waals surface area contributed by atoms with Crippen molar-refractivity contribution in [2.75, 3.05) is 44.7 Å². The zero-order chi connectivity index (χ0) is 21.0. The van der Waals surface area contributed by atoms with E-state index in [4.69, 9.17) is 0 Å². The molecule has 0 unspecified atom stereocenters. The zero-order valence-corrected chi connectivity index (χ0v) is 18.3. The molecule has 3 heterocycles. The van der Waals surface area contributed by atoms with Crippen LogP contribution in [0.25, 0.3) is 0 Å². The fraction of sp³-hybridized carbons (Fsp3) is 0.471. The van der Waals surface area contributed by atoms with E-state index >= 15 is 0 Å². The van der Waals surface area contributed by atoms with E-state index in [-0.39, 0.29) is 19.0 Å². The maximum atomic E-state index is 12.5. The van der Waals surface area contributed by atoms with Gasteiger partial charge < -0.3 is 15.1 Å². The summed E-state index contributed by atoms with van der Waals surface area (Å²) in [5.41, 5.74) is 0.776. The third-order valence-corrected chi connectivity index (χ3v) is 7.37. The molecular formula is C17H25N7O3S2.